The second kappa shape index (κ2) is 6.49. The highest BCUT2D eigenvalue weighted by Gasteiger charge is 2.12. The van der Waals surface area contributed by atoms with Gasteiger partial charge in [0.1, 0.15) is 6.26 Å². The van der Waals surface area contributed by atoms with E-state index >= 15 is 0 Å². The van der Waals surface area contributed by atoms with Crippen molar-refractivity contribution in [2.45, 2.75) is 11.3 Å². The highest BCUT2D eigenvalue weighted by Crippen LogP contribution is 2.31. The molecule has 0 amide bonds. The lowest BCUT2D eigenvalue weighted by Crippen LogP contribution is -2.13. The van der Waals surface area contributed by atoms with Crippen molar-refractivity contribution in [3.8, 4) is 11.5 Å². The van der Waals surface area contributed by atoms with Crippen molar-refractivity contribution in [1.29, 1.82) is 0 Å². The Morgan fingerprint density at radius 2 is 2.11 bits per heavy atom. The van der Waals surface area contributed by atoms with Gasteiger partial charge in [-0.15, -0.1) is 0 Å². The maximum atomic E-state index is 6.14. The van der Waals surface area contributed by atoms with Crippen LogP contribution in [0.25, 0.3) is 0 Å². The number of thioether (sulfide) groups is 1. The first-order valence-electron chi connectivity index (χ1n) is 5.74. The van der Waals surface area contributed by atoms with Crippen molar-refractivity contribution in [1.82, 2.24) is 4.98 Å². The molecule has 1 heterocycles. The average molecular weight is 280 g/mol. The minimum Gasteiger partial charge on any atom is -0.493 e. The van der Waals surface area contributed by atoms with Gasteiger partial charge < -0.3 is 19.6 Å². The molecule has 0 aliphatic heterocycles. The average Bonchev–Trinajstić information content (AvgIpc) is 2.97. The van der Waals surface area contributed by atoms with E-state index in [-0.39, 0.29) is 6.04 Å². The van der Waals surface area contributed by atoms with Crippen molar-refractivity contribution in [3.05, 3.63) is 36.2 Å². The van der Waals surface area contributed by atoms with Gasteiger partial charge in [-0.25, -0.2) is 4.98 Å². The quantitative estimate of drug-likeness (QED) is 0.820. The third-order valence-electron chi connectivity index (χ3n) is 2.63. The van der Waals surface area contributed by atoms with E-state index in [4.69, 9.17) is 19.6 Å². The van der Waals surface area contributed by atoms with E-state index in [1.807, 2.05) is 18.2 Å². The Morgan fingerprint density at radius 3 is 2.74 bits per heavy atom. The number of hydrogen-bond donors (Lipinski definition) is 1. The molecule has 1 unspecified atom stereocenters. The van der Waals surface area contributed by atoms with Crippen LogP contribution in [-0.2, 0) is 0 Å². The molecule has 2 aromatic rings. The van der Waals surface area contributed by atoms with E-state index in [9.17, 15) is 0 Å². The van der Waals surface area contributed by atoms with Gasteiger partial charge in [0.2, 0.25) is 0 Å². The molecular weight excluding hydrogens is 264 g/mol. The summed E-state index contributed by atoms with van der Waals surface area (Å²) < 4.78 is 15.6. The predicted molar refractivity (Wildman–Crippen MR) is 73.7 cm³/mol. The van der Waals surface area contributed by atoms with Crippen molar-refractivity contribution < 1.29 is 13.9 Å². The minimum absolute atomic E-state index is 0.128. The molecule has 0 bridgehead atoms. The lowest BCUT2D eigenvalue weighted by Gasteiger charge is -2.14. The largest absolute Gasteiger partial charge is 0.493 e. The first-order valence-corrected chi connectivity index (χ1v) is 6.73. The Morgan fingerprint density at radius 1 is 1.32 bits per heavy atom. The Bertz CT molecular complexity index is 517. The van der Waals surface area contributed by atoms with Crippen LogP contribution in [0.4, 0.5) is 0 Å². The highest BCUT2D eigenvalue weighted by atomic mass is 32.2. The van der Waals surface area contributed by atoms with Gasteiger partial charge in [0.15, 0.2) is 11.5 Å². The topological polar surface area (TPSA) is 70.5 Å². The fraction of sp³-hybridized carbons (Fsp3) is 0.308. The van der Waals surface area contributed by atoms with Crippen LogP contribution in [0.5, 0.6) is 11.5 Å². The third-order valence-corrected chi connectivity index (χ3v) is 3.61. The molecule has 1 atom stereocenters. The van der Waals surface area contributed by atoms with Crippen molar-refractivity contribution >= 4 is 11.8 Å². The summed E-state index contributed by atoms with van der Waals surface area (Å²) in [6.07, 6.45) is 3.16. The number of nitrogens with zero attached hydrogens (tertiary/aromatic N) is 1. The maximum Gasteiger partial charge on any atom is 0.255 e. The summed E-state index contributed by atoms with van der Waals surface area (Å²) in [4.78, 5) is 4.04. The molecule has 5 nitrogen and oxygen atoms in total. The van der Waals surface area contributed by atoms with Crippen molar-refractivity contribution in [2.75, 3.05) is 20.0 Å². The molecular formula is C13H16N2O3S. The summed E-state index contributed by atoms with van der Waals surface area (Å²) in [5, 5.41) is 0.621. The normalized spacial score (nSPS) is 12.2. The fourth-order valence-corrected chi connectivity index (χ4v) is 2.40. The number of benzene rings is 1. The molecule has 0 aliphatic rings. The second-order valence-corrected chi connectivity index (χ2v) is 4.80. The van der Waals surface area contributed by atoms with Crippen LogP contribution in [0.1, 0.15) is 11.6 Å². The summed E-state index contributed by atoms with van der Waals surface area (Å²) in [6.45, 7) is 0. The molecule has 0 spiro atoms. The van der Waals surface area contributed by atoms with Crippen LogP contribution >= 0.6 is 11.8 Å². The number of methoxy groups -OCH3 is 2. The molecule has 0 saturated carbocycles. The van der Waals surface area contributed by atoms with Gasteiger partial charge in [0, 0.05) is 11.8 Å². The zero-order valence-electron chi connectivity index (χ0n) is 10.8. The standard InChI is InChI=1S/C13H16N2O3S/c1-16-11-4-3-9(7-12(11)17-2)10(14)8-19-13-15-5-6-18-13/h3-7,10H,8,14H2,1-2H3. The number of ether oxygens (including phenoxy) is 2. The van der Waals surface area contributed by atoms with E-state index in [0.29, 0.717) is 22.5 Å². The van der Waals surface area contributed by atoms with E-state index in [0.717, 1.165) is 5.56 Å². The molecule has 102 valence electrons. The lowest BCUT2D eigenvalue weighted by atomic mass is 10.1. The molecule has 0 radical (unpaired) electrons. The van der Waals surface area contributed by atoms with Crippen LogP contribution in [0.3, 0.4) is 0 Å². The molecule has 2 rings (SSSR count). The first kappa shape index (κ1) is 13.8. The summed E-state index contributed by atoms with van der Waals surface area (Å²) in [6, 6.07) is 5.54. The van der Waals surface area contributed by atoms with E-state index < -0.39 is 0 Å². The number of aromatic nitrogens is 1. The Labute approximate surface area is 116 Å². The van der Waals surface area contributed by atoms with Crippen LogP contribution in [-0.4, -0.2) is 25.0 Å². The van der Waals surface area contributed by atoms with Gasteiger partial charge in [-0.05, 0) is 17.7 Å². The van der Waals surface area contributed by atoms with Crippen LogP contribution in [0, 0.1) is 0 Å². The zero-order valence-corrected chi connectivity index (χ0v) is 11.6. The van der Waals surface area contributed by atoms with Gasteiger partial charge in [-0.1, -0.05) is 17.8 Å². The Kier molecular flexibility index (Phi) is 4.70. The molecule has 0 saturated heterocycles. The molecule has 0 aliphatic carbocycles. The van der Waals surface area contributed by atoms with Crippen molar-refractivity contribution in [2.24, 2.45) is 5.73 Å². The number of rotatable bonds is 6. The Balaban J connectivity index is 2.04. The van der Waals surface area contributed by atoms with Gasteiger partial charge in [-0.3, -0.25) is 0 Å². The predicted octanol–water partition coefficient (Wildman–Crippen LogP) is 2.48. The monoisotopic (exact) mass is 280 g/mol. The molecule has 6 heteroatoms. The molecule has 19 heavy (non-hydrogen) atoms. The fourth-order valence-electron chi connectivity index (χ4n) is 1.62. The SMILES string of the molecule is COc1ccc(C(N)CSc2ncco2)cc1OC. The maximum absolute atomic E-state index is 6.14. The van der Waals surface area contributed by atoms with Gasteiger partial charge in [-0.2, -0.15) is 0 Å². The molecule has 0 fully saturated rings. The minimum atomic E-state index is -0.128. The van der Waals surface area contributed by atoms with Crippen LogP contribution in [0.2, 0.25) is 0 Å². The van der Waals surface area contributed by atoms with Crippen molar-refractivity contribution in [3.63, 3.8) is 0 Å². The number of hydrogen-bond acceptors (Lipinski definition) is 6. The highest BCUT2D eigenvalue weighted by molar-refractivity contribution is 7.99. The van der Waals surface area contributed by atoms with Crippen LogP contribution < -0.4 is 15.2 Å². The molecule has 1 aromatic carbocycles. The third kappa shape index (κ3) is 3.42. The van der Waals surface area contributed by atoms with E-state index in [1.54, 1.807) is 26.7 Å². The smallest absolute Gasteiger partial charge is 0.255 e. The molecule has 1 aromatic heterocycles. The second-order valence-electron chi connectivity index (χ2n) is 3.83. The summed E-state index contributed by atoms with van der Waals surface area (Å²) in [5.41, 5.74) is 7.12. The first-order chi connectivity index (χ1) is 9.24. The summed E-state index contributed by atoms with van der Waals surface area (Å²) >= 11 is 1.48. The van der Waals surface area contributed by atoms with E-state index in [1.165, 1.54) is 11.8 Å². The van der Waals surface area contributed by atoms with Gasteiger partial charge in [0.25, 0.3) is 5.22 Å². The van der Waals surface area contributed by atoms with E-state index in [2.05, 4.69) is 4.98 Å². The van der Waals surface area contributed by atoms with Crippen LogP contribution in [0.15, 0.2) is 40.3 Å². The summed E-state index contributed by atoms with van der Waals surface area (Å²) in [5.74, 6) is 2.05. The van der Waals surface area contributed by atoms with Gasteiger partial charge >= 0.3 is 0 Å². The summed E-state index contributed by atoms with van der Waals surface area (Å²) in [7, 11) is 3.21. The lowest BCUT2D eigenvalue weighted by molar-refractivity contribution is 0.354. The molecule has 2 N–H and O–H groups in total. The number of nitrogens with two attached hydrogens (primary N) is 1. The van der Waals surface area contributed by atoms with Gasteiger partial charge in [0.05, 0.1) is 20.4 Å². The number of oxazole rings is 1. The zero-order chi connectivity index (χ0) is 13.7. The Hall–Kier alpha value is -1.66.